The van der Waals surface area contributed by atoms with Gasteiger partial charge in [0.1, 0.15) is 0 Å². The molecular formula is C18H25N3. The number of nitrogens with one attached hydrogen (secondary N) is 1. The zero-order valence-electron chi connectivity index (χ0n) is 13.0. The molecule has 112 valence electrons. The van der Waals surface area contributed by atoms with Crippen LogP contribution < -0.4 is 5.32 Å². The predicted molar refractivity (Wildman–Crippen MR) is 87.8 cm³/mol. The number of benzene rings is 1. The predicted octanol–water partition coefficient (Wildman–Crippen LogP) is 3.21. The molecule has 0 spiro atoms. The summed E-state index contributed by atoms with van der Waals surface area (Å²) in [6.45, 7) is 6.10. The number of rotatable bonds is 8. The highest BCUT2D eigenvalue weighted by atomic mass is 15.1. The van der Waals surface area contributed by atoms with E-state index in [0.29, 0.717) is 0 Å². The normalized spacial score (nSPS) is 11.0. The largest absolute Gasteiger partial charge is 0.313 e. The Morgan fingerprint density at radius 1 is 1.05 bits per heavy atom. The molecule has 2 rings (SSSR count). The van der Waals surface area contributed by atoms with Crippen molar-refractivity contribution in [2.24, 2.45) is 0 Å². The zero-order valence-corrected chi connectivity index (χ0v) is 13.0. The van der Waals surface area contributed by atoms with E-state index in [1.54, 1.807) is 0 Å². The van der Waals surface area contributed by atoms with Gasteiger partial charge in [0.2, 0.25) is 0 Å². The minimum atomic E-state index is 0.923. The summed E-state index contributed by atoms with van der Waals surface area (Å²) >= 11 is 0. The molecule has 1 aromatic heterocycles. The third-order valence-corrected chi connectivity index (χ3v) is 3.38. The summed E-state index contributed by atoms with van der Waals surface area (Å²) in [5, 5.41) is 3.45. The summed E-state index contributed by atoms with van der Waals surface area (Å²) in [5.41, 5.74) is 3.97. The summed E-state index contributed by atoms with van der Waals surface area (Å²) in [5.74, 6) is 0. The molecular weight excluding hydrogens is 258 g/mol. The standard InChI is InChI=1S/C18H25N3/c1-3-9-19-12-16-6-4-7-17(11-16)14-21(2)15-18-8-5-10-20-13-18/h4-8,10-11,13,19H,3,9,12,14-15H2,1-2H3. The molecule has 0 aliphatic carbocycles. The van der Waals surface area contributed by atoms with E-state index in [0.717, 1.165) is 26.2 Å². The van der Waals surface area contributed by atoms with Crippen molar-refractivity contribution >= 4 is 0 Å². The van der Waals surface area contributed by atoms with Crippen LogP contribution in [0.4, 0.5) is 0 Å². The van der Waals surface area contributed by atoms with E-state index in [1.165, 1.54) is 23.1 Å². The Morgan fingerprint density at radius 2 is 1.81 bits per heavy atom. The van der Waals surface area contributed by atoms with E-state index in [2.05, 4.69) is 59.5 Å². The first kappa shape index (κ1) is 15.7. The van der Waals surface area contributed by atoms with Gasteiger partial charge in [0.15, 0.2) is 0 Å². The molecule has 0 atom stereocenters. The van der Waals surface area contributed by atoms with Crippen molar-refractivity contribution in [3.05, 3.63) is 65.5 Å². The number of hydrogen-bond donors (Lipinski definition) is 1. The maximum Gasteiger partial charge on any atom is 0.0312 e. The maximum absolute atomic E-state index is 4.17. The third-order valence-electron chi connectivity index (χ3n) is 3.38. The van der Waals surface area contributed by atoms with E-state index in [1.807, 2.05) is 18.5 Å². The molecule has 3 nitrogen and oxygen atoms in total. The number of hydrogen-bond acceptors (Lipinski definition) is 3. The molecule has 0 unspecified atom stereocenters. The quantitative estimate of drug-likeness (QED) is 0.754. The smallest absolute Gasteiger partial charge is 0.0312 e. The molecule has 0 radical (unpaired) electrons. The van der Waals surface area contributed by atoms with Gasteiger partial charge in [-0.3, -0.25) is 9.88 Å². The van der Waals surface area contributed by atoms with Crippen molar-refractivity contribution < 1.29 is 0 Å². The minimum absolute atomic E-state index is 0.923. The first-order valence-corrected chi connectivity index (χ1v) is 7.64. The number of pyridine rings is 1. The highest BCUT2D eigenvalue weighted by Gasteiger charge is 2.03. The summed E-state index contributed by atoms with van der Waals surface area (Å²) in [6, 6.07) is 12.9. The van der Waals surface area contributed by atoms with Crippen LogP contribution in [0.5, 0.6) is 0 Å². The van der Waals surface area contributed by atoms with E-state index in [-0.39, 0.29) is 0 Å². The van der Waals surface area contributed by atoms with Crippen LogP contribution in [0.3, 0.4) is 0 Å². The molecule has 0 saturated heterocycles. The van der Waals surface area contributed by atoms with Crippen molar-refractivity contribution in [1.82, 2.24) is 15.2 Å². The Labute approximate surface area is 128 Å². The molecule has 0 saturated carbocycles. The average Bonchev–Trinajstić information content (AvgIpc) is 2.49. The van der Waals surface area contributed by atoms with Crippen LogP contribution in [-0.2, 0) is 19.6 Å². The fourth-order valence-corrected chi connectivity index (χ4v) is 2.42. The topological polar surface area (TPSA) is 28.2 Å². The lowest BCUT2D eigenvalue weighted by molar-refractivity contribution is 0.318. The summed E-state index contributed by atoms with van der Waals surface area (Å²) < 4.78 is 0. The summed E-state index contributed by atoms with van der Waals surface area (Å²) in [4.78, 5) is 6.48. The van der Waals surface area contributed by atoms with Crippen molar-refractivity contribution in [2.45, 2.75) is 33.0 Å². The monoisotopic (exact) mass is 283 g/mol. The number of nitrogens with zero attached hydrogens (tertiary/aromatic N) is 2. The van der Waals surface area contributed by atoms with Gasteiger partial charge in [-0.1, -0.05) is 37.3 Å². The fraction of sp³-hybridized carbons (Fsp3) is 0.389. The van der Waals surface area contributed by atoms with Crippen LogP contribution >= 0.6 is 0 Å². The first-order chi connectivity index (χ1) is 10.3. The molecule has 0 aliphatic heterocycles. The van der Waals surface area contributed by atoms with Crippen LogP contribution in [0, 0.1) is 0 Å². The lowest BCUT2D eigenvalue weighted by Crippen LogP contribution is -2.18. The summed E-state index contributed by atoms with van der Waals surface area (Å²) in [6.07, 6.45) is 4.92. The fourth-order valence-electron chi connectivity index (χ4n) is 2.42. The molecule has 0 fully saturated rings. The Morgan fingerprint density at radius 3 is 2.57 bits per heavy atom. The average molecular weight is 283 g/mol. The van der Waals surface area contributed by atoms with Gasteiger partial charge in [0.05, 0.1) is 0 Å². The number of aromatic nitrogens is 1. The summed E-state index contributed by atoms with van der Waals surface area (Å²) in [7, 11) is 2.15. The van der Waals surface area contributed by atoms with Gasteiger partial charge in [0, 0.05) is 32.0 Å². The molecule has 1 aromatic carbocycles. The second-order valence-electron chi connectivity index (χ2n) is 5.53. The Hall–Kier alpha value is -1.71. The second-order valence-corrected chi connectivity index (χ2v) is 5.53. The van der Waals surface area contributed by atoms with Crippen LogP contribution in [0.25, 0.3) is 0 Å². The molecule has 1 N–H and O–H groups in total. The third kappa shape index (κ3) is 5.66. The van der Waals surface area contributed by atoms with Gasteiger partial charge in [-0.15, -0.1) is 0 Å². The van der Waals surface area contributed by atoms with E-state index in [4.69, 9.17) is 0 Å². The lowest BCUT2D eigenvalue weighted by atomic mass is 10.1. The van der Waals surface area contributed by atoms with Gasteiger partial charge in [0.25, 0.3) is 0 Å². The Balaban J connectivity index is 1.88. The van der Waals surface area contributed by atoms with Gasteiger partial charge in [-0.25, -0.2) is 0 Å². The molecule has 0 bridgehead atoms. The van der Waals surface area contributed by atoms with Crippen molar-refractivity contribution in [2.75, 3.05) is 13.6 Å². The molecule has 2 aromatic rings. The Kier molecular flexibility index (Phi) is 6.38. The second kappa shape index (κ2) is 8.55. The van der Waals surface area contributed by atoms with Gasteiger partial charge < -0.3 is 5.32 Å². The van der Waals surface area contributed by atoms with Gasteiger partial charge in [-0.05, 0) is 42.8 Å². The highest BCUT2D eigenvalue weighted by Crippen LogP contribution is 2.10. The first-order valence-electron chi connectivity index (χ1n) is 7.64. The molecule has 0 aliphatic rings. The molecule has 1 heterocycles. The zero-order chi connectivity index (χ0) is 14.9. The van der Waals surface area contributed by atoms with E-state index >= 15 is 0 Å². The van der Waals surface area contributed by atoms with Crippen LogP contribution in [0.2, 0.25) is 0 Å². The SMILES string of the molecule is CCCNCc1cccc(CN(C)Cc2cccnc2)c1. The Bertz CT molecular complexity index is 525. The van der Waals surface area contributed by atoms with Crippen LogP contribution in [0.15, 0.2) is 48.8 Å². The van der Waals surface area contributed by atoms with Crippen LogP contribution in [-0.4, -0.2) is 23.5 Å². The van der Waals surface area contributed by atoms with Gasteiger partial charge >= 0.3 is 0 Å². The minimum Gasteiger partial charge on any atom is -0.313 e. The molecule has 0 amide bonds. The molecule has 3 heteroatoms. The van der Waals surface area contributed by atoms with E-state index in [9.17, 15) is 0 Å². The van der Waals surface area contributed by atoms with Crippen LogP contribution in [0.1, 0.15) is 30.0 Å². The van der Waals surface area contributed by atoms with Gasteiger partial charge in [-0.2, -0.15) is 0 Å². The lowest BCUT2D eigenvalue weighted by Gasteiger charge is -2.17. The van der Waals surface area contributed by atoms with Crippen molar-refractivity contribution in [3.63, 3.8) is 0 Å². The maximum atomic E-state index is 4.17. The van der Waals surface area contributed by atoms with E-state index < -0.39 is 0 Å². The molecule has 21 heavy (non-hydrogen) atoms. The highest BCUT2D eigenvalue weighted by molar-refractivity contribution is 5.23. The van der Waals surface area contributed by atoms with Crippen molar-refractivity contribution in [1.29, 1.82) is 0 Å². The van der Waals surface area contributed by atoms with Crippen molar-refractivity contribution in [3.8, 4) is 0 Å².